The number of nitrogens with one attached hydrogen (secondary N) is 1. The van der Waals surface area contributed by atoms with Crippen LogP contribution in [0.5, 0.6) is 0 Å². The largest absolute Gasteiger partial charge is 0.369 e. The topological polar surface area (TPSA) is 95.7 Å². The van der Waals surface area contributed by atoms with Gasteiger partial charge in [-0.3, -0.25) is 9.69 Å². The Balaban J connectivity index is 1.56. The number of rotatable bonds is 5. The minimum absolute atomic E-state index is 0.0193. The highest BCUT2D eigenvalue weighted by Crippen LogP contribution is 2.19. The highest BCUT2D eigenvalue weighted by molar-refractivity contribution is 7.89. The fraction of sp³-hybridized carbons (Fsp3) is 0.350. The van der Waals surface area contributed by atoms with E-state index in [0.29, 0.717) is 5.69 Å². The normalized spacial score (nSPS) is 16.6. The molecule has 0 spiro atoms. The molecule has 0 saturated carbocycles. The second-order valence-electron chi connectivity index (χ2n) is 7.10. The number of nitrogens with zero attached hydrogens (tertiary/aromatic N) is 2. The molecule has 0 bridgehead atoms. The van der Waals surface area contributed by atoms with Crippen LogP contribution in [0.4, 0.5) is 11.4 Å². The van der Waals surface area contributed by atoms with E-state index in [-0.39, 0.29) is 16.8 Å². The van der Waals surface area contributed by atoms with Crippen LogP contribution in [0.1, 0.15) is 12.5 Å². The van der Waals surface area contributed by atoms with Crippen LogP contribution in [0.2, 0.25) is 0 Å². The maximum atomic E-state index is 12.6. The molecule has 150 valence electrons. The first-order chi connectivity index (χ1) is 13.2. The molecule has 28 heavy (non-hydrogen) atoms. The highest BCUT2D eigenvalue weighted by Gasteiger charge is 2.25. The van der Waals surface area contributed by atoms with Gasteiger partial charge in [0.05, 0.1) is 10.9 Å². The van der Waals surface area contributed by atoms with Gasteiger partial charge in [0, 0.05) is 37.6 Å². The molecular weight excluding hydrogens is 376 g/mol. The van der Waals surface area contributed by atoms with E-state index in [1.165, 1.54) is 23.4 Å². The zero-order valence-electron chi connectivity index (χ0n) is 16.1. The summed E-state index contributed by atoms with van der Waals surface area (Å²) in [5.74, 6) is -0.118. The summed E-state index contributed by atoms with van der Waals surface area (Å²) >= 11 is 0. The van der Waals surface area contributed by atoms with Crippen LogP contribution in [0, 0.1) is 6.92 Å². The number of amides is 1. The molecule has 1 aliphatic heterocycles. The Bertz CT molecular complexity index is 936. The highest BCUT2D eigenvalue weighted by atomic mass is 32.2. The molecule has 0 aromatic heterocycles. The van der Waals surface area contributed by atoms with Gasteiger partial charge in [0.15, 0.2) is 0 Å². The Kier molecular flexibility index (Phi) is 6.02. The number of sulfonamides is 1. The van der Waals surface area contributed by atoms with Crippen LogP contribution in [0.15, 0.2) is 53.4 Å². The van der Waals surface area contributed by atoms with Gasteiger partial charge in [0.2, 0.25) is 15.9 Å². The molecule has 1 amide bonds. The molecule has 1 unspecified atom stereocenters. The van der Waals surface area contributed by atoms with Gasteiger partial charge >= 0.3 is 0 Å². The van der Waals surface area contributed by atoms with E-state index in [2.05, 4.69) is 46.3 Å². The van der Waals surface area contributed by atoms with Gasteiger partial charge in [-0.15, -0.1) is 0 Å². The van der Waals surface area contributed by atoms with Crippen LogP contribution in [0.25, 0.3) is 0 Å². The summed E-state index contributed by atoms with van der Waals surface area (Å²) in [6, 6.07) is 14.0. The van der Waals surface area contributed by atoms with Crippen LogP contribution >= 0.6 is 0 Å². The molecule has 1 atom stereocenters. The van der Waals surface area contributed by atoms with Crippen molar-refractivity contribution in [2.45, 2.75) is 24.8 Å². The van der Waals surface area contributed by atoms with Crippen molar-refractivity contribution < 1.29 is 13.2 Å². The van der Waals surface area contributed by atoms with E-state index in [1.807, 2.05) is 6.92 Å². The molecule has 1 aliphatic rings. The zero-order chi connectivity index (χ0) is 20.3. The van der Waals surface area contributed by atoms with E-state index < -0.39 is 10.0 Å². The lowest BCUT2D eigenvalue weighted by Gasteiger charge is -2.38. The molecule has 0 radical (unpaired) electrons. The molecule has 7 nitrogen and oxygen atoms in total. The number of nitrogens with two attached hydrogens (primary N) is 1. The van der Waals surface area contributed by atoms with E-state index in [4.69, 9.17) is 5.14 Å². The van der Waals surface area contributed by atoms with Gasteiger partial charge in [-0.1, -0.05) is 12.1 Å². The van der Waals surface area contributed by atoms with Crippen LogP contribution in [-0.4, -0.2) is 51.4 Å². The fourth-order valence-electron chi connectivity index (χ4n) is 3.33. The lowest BCUT2D eigenvalue weighted by Crippen LogP contribution is -2.52. The minimum atomic E-state index is -3.74. The standard InChI is InChI=1S/C20H26N4O3S/c1-15-4-3-5-18(14-15)24-12-10-23(11-13-24)16(2)20(25)22-17-6-8-19(9-7-17)28(21,26)27/h3-9,14,16H,10-13H2,1-2H3,(H,22,25)(H2,21,26,27). The molecule has 1 saturated heterocycles. The van der Waals surface area contributed by atoms with Crippen molar-refractivity contribution in [1.29, 1.82) is 0 Å². The molecule has 3 rings (SSSR count). The maximum absolute atomic E-state index is 12.6. The third kappa shape index (κ3) is 4.89. The number of aryl methyl sites for hydroxylation is 1. The van der Waals surface area contributed by atoms with Gasteiger partial charge < -0.3 is 10.2 Å². The van der Waals surface area contributed by atoms with Crippen LogP contribution < -0.4 is 15.4 Å². The summed E-state index contributed by atoms with van der Waals surface area (Å²) in [7, 11) is -3.74. The van der Waals surface area contributed by atoms with E-state index in [9.17, 15) is 13.2 Å². The van der Waals surface area contributed by atoms with Crippen LogP contribution in [0.3, 0.4) is 0 Å². The average Bonchev–Trinajstić information content (AvgIpc) is 2.67. The van der Waals surface area contributed by atoms with Gasteiger partial charge in [-0.2, -0.15) is 0 Å². The molecule has 0 aliphatic carbocycles. The van der Waals surface area contributed by atoms with Crippen molar-refractivity contribution in [3.63, 3.8) is 0 Å². The molecule has 1 heterocycles. The third-order valence-electron chi connectivity index (χ3n) is 5.06. The Hall–Kier alpha value is -2.42. The first-order valence-electron chi connectivity index (χ1n) is 9.23. The van der Waals surface area contributed by atoms with E-state index in [1.54, 1.807) is 12.1 Å². The van der Waals surface area contributed by atoms with Crippen molar-refractivity contribution in [1.82, 2.24) is 4.90 Å². The van der Waals surface area contributed by atoms with Gasteiger partial charge in [-0.25, -0.2) is 13.6 Å². The monoisotopic (exact) mass is 402 g/mol. The fourth-order valence-corrected chi connectivity index (χ4v) is 3.85. The second kappa shape index (κ2) is 8.30. The first kappa shape index (κ1) is 20.3. The molecule has 2 aromatic rings. The number of carbonyl (C=O) groups excluding carboxylic acids is 1. The number of anilines is 2. The predicted molar refractivity (Wildman–Crippen MR) is 111 cm³/mol. The SMILES string of the molecule is Cc1cccc(N2CCN(C(C)C(=O)Nc3ccc(S(N)(=O)=O)cc3)CC2)c1. The number of carbonyl (C=O) groups is 1. The van der Waals surface area contributed by atoms with Gasteiger partial charge in [-0.05, 0) is 55.8 Å². The van der Waals surface area contributed by atoms with Gasteiger partial charge in [0.25, 0.3) is 0 Å². The maximum Gasteiger partial charge on any atom is 0.241 e. The average molecular weight is 403 g/mol. The van der Waals surface area contributed by atoms with E-state index >= 15 is 0 Å². The Morgan fingerprint density at radius 1 is 1.07 bits per heavy atom. The molecule has 8 heteroatoms. The van der Waals surface area contributed by atoms with Crippen molar-refractivity contribution in [2.75, 3.05) is 36.4 Å². The van der Waals surface area contributed by atoms with Crippen molar-refractivity contribution >= 4 is 27.3 Å². The quantitative estimate of drug-likeness (QED) is 0.795. The third-order valence-corrected chi connectivity index (χ3v) is 5.99. The van der Waals surface area contributed by atoms with Crippen molar-refractivity contribution in [3.05, 3.63) is 54.1 Å². The molecule has 3 N–H and O–H groups in total. The van der Waals surface area contributed by atoms with Crippen molar-refractivity contribution in [2.24, 2.45) is 5.14 Å². The molecule has 2 aromatic carbocycles. The Morgan fingerprint density at radius 3 is 2.29 bits per heavy atom. The number of piperazine rings is 1. The number of primary sulfonamides is 1. The lowest BCUT2D eigenvalue weighted by atomic mass is 10.1. The minimum Gasteiger partial charge on any atom is -0.369 e. The smallest absolute Gasteiger partial charge is 0.241 e. The van der Waals surface area contributed by atoms with Crippen LogP contribution in [-0.2, 0) is 14.8 Å². The number of hydrogen-bond donors (Lipinski definition) is 2. The molecule has 1 fully saturated rings. The summed E-state index contributed by atoms with van der Waals surface area (Å²) in [5.41, 5.74) is 3.00. The molecular formula is C20H26N4O3S. The van der Waals surface area contributed by atoms with E-state index in [0.717, 1.165) is 26.2 Å². The summed E-state index contributed by atoms with van der Waals surface area (Å²) in [6.45, 7) is 7.30. The summed E-state index contributed by atoms with van der Waals surface area (Å²) in [5, 5.41) is 7.93. The zero-order valence-corrected chi connectivity index (χ0v) is 16.9. The summed E-state index contributed by atoms with van der Waals surface area (Å²) in [4.78, 5) is 17.1. The Labute approximate surface area is 166 Å². The van der Waals surface area contributed by atoms with Gasteiger partial charge in [0.1, 0.15) is 0 Å². The first-order valence-corrected chi connectivity index (χ1v) is 10.8. The predicted octanol–water partition coefficient (Wildman–Crippen LogP) is 1.79. The second-order valence-corrected chi connectivity index (χ2v) is 8.66. The number of benzene rings is 2. The Morgan fingerprint density at radius 2 is 1.71 bits per heavy atom. The lowest BCUT2D eigenvalue weighted by molar-refractivity contribution is -0.120. The summed E-state index contributed by atoms with van der Waals surface area (Å²) < 4.78 is 22.6. The van der Waals surface area contributed by atoms with Crippen molar-refractivity contribution in [3.8, 4) is 0 Å². The number of hydrogen-bond acceptors (Lipinski definition) is 5. The summed E-state index contributed by atoms with van der Waals surface area (Å²) in [6.07, 6.45) is 0.